The van der Waals surface area contributed by atoms with E-state index in [-0.39, 0.29) is 0 Å². The van der Waals surface area contributed by atoms with E-state index in [1.165, 1.54) is 0 Å². The first-order valence-electron chi connectivity index (χ1n) is 6.41. The van der Waals surface area contributed by atoms with Crippen LogP contribution in [0.25, 0.3) is 0 Å². The normalized spacial score (nSPS) is 14.3. The van der Waals surface area contributed by atoms with Crippen LogP contribution < -0.4 is 5.32 Å². The smallest absolute Gasteiger partial charge is 0.151 e. The average Bonchev–Trinajstić information content (AvgIpc) is 2.82. The number of aromatic nitrogens is 3. The number of hydrogen-bond acceptors (Lipinski definition) is 4. The summed E-state index contributed by atoms with van der Waals surface area (Å²) < 4.78 is 1.69. The molecule has 0 spiro atoms. The summed E-state index contributed by atoms with van der Waals surface area (Å²) in [6.45, 7) is 3.06. The van der Waals surface area contributed by atoms with Crippen molar-refractivity contribution in [3.8, 4) is 0 Å². The number of rotatable bonds is 6. The molecule has 1 aromatic heterocycles. The van der Waals surface area contributed by atoms with Gasteiger partial charge in [0, 0.05) is 26.6 Å². The predicted molar refractivity (Wildman–Crippen MR) is 73.6 cm³/mol. The molecule has 0 aliphatic heterocycles. The third kappa shape index (κ3) is 3.87. The van der Waals surface area contributed by atoms with E-state index in [0.717, 1.165) is 24.4 Å². The topological polar surface area (TPSA) is 63.0 Å². The van der Waals surface area contributed by atoms with Crippen molar-refractivity contribution in [2.24, 2.45) is 7.05 Å². The van der Waals surface area contributed by atoms with E-state index >= 15 is 0 Å². The Hall–Kier alpha value is -1.72. The van der Waals surface area contributed by atoms with Crippen molar-refractivity contribution in [3.63, 3.8) is 0 Å². The Balaban J connectivity index is 1.79. The van der Waals surface area contributed by atoms with E-state index in [9.17, 15) is 5.11 Å². The summed E-state index contributed by atoms with van der Waals surface area (Å²) in [7, 11) is 1.85. The lowest BCUT2D eigenvalue weighted by molar-refractivity contribution is 0.0572. The quantitative estimate of drug-likeness (QED) is 0.756. The highest BCUT2D eigenvalue weighted by molar-refractivity contribution is 5.21. The molecule has 5 heteroatoms. The fourth-order valence-corrected chi connectivity index (χ4v) is 1.93. The molecule has 0 bridgehead atoms. The average molecular weight is 260 g/mol. The lowest BCUT2D eigenvalue weighted by atomic mass is 9.96. The fraction of sp³-hybridized carbons (Fsp3) is 0.429. The van der Waals surface area contributed by atoms with E-state index in [2.05, 4.69) is 15.4 Å². The summed E-state index contributed by atoms with van der Waals surface area (Å²) in [6, 6.07) is 9.67. The van der Waals surface area contributed by atoms with Gasteiger partial charge in [0.15, 0.2) is 5.82 Å². The Bertz CT molecular complexity index is 507. The summed E-state index contributed by atoms with van der Waals surface area (Å²) in [6.07, 6.45) is 2.45. The van der Waals surface area contributed by atoms with Gasteiger partial charge in [-0.05, 0) is 12.5 Å². The van der Waals surface area contributed by atoms with Gasteiger partial charge in [-0.25, -0.2) is 4.98 Å². The largest absolute Gasteiger partial charge is 0.384 e. The van der Waals surface area contributed by atoms with Gasteiger partial charge in [-0.15, -0.1) is 0 Å². The second-order valence-electron chi connectivity index (χ2n) is 4.90. The molecule has 1 unspecified atom stereocenters. The zero-order chi connectivity index (χ0) is 13.7. The maximum absolute atomic E-state index is 10.4. The van der Waals surface area contributed by atoms with Crippen LogP contribution in [-0.2, 0) is 19.1 Å². The van der Waals surface area contributed by atoms with Gasteiger partial charge in [0.1, 0.15) is 6.33 Å². The number of hydrogen-bond donors (Lipinski definition) is 2. The molecular weight excluding hydrogens is 240 g/mol. The van der Waals surface area contributed by atoms with Gasteiger partial charge in [0.05, 0.1) is 5.60 Å². The molecule has 2 N–H and O–H groups in total. The number of benzene rings is 1. The molecule has 0 aliphatic rings. The van der Waals surface area contributed by atoms with Gasteiger partial charge in [-0.1, -0.05) is 30.3 Å². The molecular formula is C14H20N4O. The maximum Gasteiger partial charge on any atom is 0.151 e. The Morgan fingerprint density at radius 2 is 2.05 bits per heavy atom. The lowest BCUT2D eigenvalue weighted by Gasteiger charge is -2.24. The third-order valence-electron chi connectivity index (χ3n) is 3.04. The molecule has 0 saturated carbocycles. The van der Waals surface area contributed by atoms with Crippen molar-refractivity contribution in [2.45, 2.75) is 18.9 Å². The van der Waals surface area contributed by atoms with E-state index < -0.39 is 5.60 Å². The summed E-state index contributed by atoms with van der Waals surface area (Å²) >= 11 is 0. The van der Waals surface area contributed by atoms with Crippen molar-refractivity contribution >= 4 is 0 Å². The van der Waals surface area contributed by atoms with Crippen molar-refractivity contribution in [1.82, 2.24) is 20.1 Å². The van der Waals surface area contributed by atoms with Crippen LogP contribution in [-0.4, -0.2) is 33.0 Å². The predicted octanol–water partition coefficient (Wildman–Crippen LogP) is 0.855. The second-order valence-corrected chi connectivity index (χ2v) is 4.90. The van der Waals surface area contributed by atoms with Crippen LogP contribution in [0.5, 0.6) is 0 Å². The number of nitrogens with one attached hydrogen (secondary N) is 1. The molecule has 2 aromatic rings. The van der Waals surface area contributed by atoms with Crippen LogP contribution in [0.1, 0.15) is 18.3 Å². The fourth-order valence-electron chi connectivity index (χ4n) is 1.93. The summed E-state index contributed by atoms with van der Waals surface area (Å²) in [5.74, 6) is 0.814. The van der Waals surface area contributed by atoms with Crippen molar-refractivity contribution in [3.05, 3.63) is 48.0 Å². The van der Waals surface area contributed by atoms with Crippen molar-refractivity contribution < 1.29 is 5.11 Å². The minimum Gasteiger partial charge on any atom is -0.384 e. The van der Waals surface area contributed by atoms with Crippen LogP contribution in [0, 0.1) is 0 Å². The van der Waals surface area contributed by atoms with Crippen LogP contribution >= 0.6 is 0 Å². The second kappa shape index (κ2) is 5.95. The first kappa shape index (κ1) is 13.7. The van der Waals surface area contributed by atoms with E-state index in [4.69, 9.17) is 0 Å². The number of aryl methyl sites for hydroxylation is 1. The Labute approximate surface area is 113 Å². The van der Waals surface area contributed by atoms with Crippen LogP contribution in [0.2, 0.25) is 0 Å². The molecule has 0 saturated heterocycles. The molecule has 0 fully saturated rings. The van der Waals surface area contributed by atoms with Gasteiger partial charge < -0.3 is 10.4 Å². The van der Waals surface area contributed by atoms with Crippen molar-refractivity contribution in [2.75, 3.05) is 13.1 Å². The zero-order valence-electron chi connectivity index (χ0n) is 11.4. The van der Waals surface area contributed by atoms with Crippen molar-refractivity contribution in [1.29, 1.82) is 0 Å². The third-order valence-corrected chi connectivity index (χ3v) is 3.04. The number of aliphatic hydroxyl groups is 1. The molecule has 1 heterocycles. The molecule has 102 valence electrons. The molecule has 19 heavy (non-hydrogen) atoms. The molecule has 0 radical (unpaired) electrons. The van der Waals surface area contributed by atoms with E-state index in [0.29, 0.717) is 6.54 Å². The van der Waals surface area contributed by atoms with E-state index in [1.807, 2.05) is 44.3 Å². The zero-order valence-corrected chi connectivity index (χ0v) is 11.4. The lowest BCUT2D eigenvalue weighted by Crippen LogP contribution is -2.36. The minimum absolute atomic E-state index is 0.504. The van der Waals surface area contributed by atoms with Gasteiger partial charge >= 0.3 is 0 Å². The highest BCUT2D eigenvalue weighted by Gasteiger charge is 2.21. The molecule has 0 aliphatic carbocycles. The molecule has 5 nitrogen and oxygen atoms in total. The standard InChI is InChI=1S/C14H20N4O/c1-14(19,12-6-4-3-5-7-12)10-15-9-8-13-16-11-18(2)17-13/h3-7,11,15,19H,8-10H2,1-2H3. The Morgan fingerprint density at radius 1 is 1.32 bits per heavy atom. The highest BCUT2D eigenvalue weighted by Crippen LogP contribution is 2.18. The Kier molecular flexibility index (Phi) is 4.29. The van der Waals surface area contributed by atoms with Crippen LogP contribution in [0.15, 0.2) is 36.7 Å². The van der Waals surface area contributed by atoms with Gasteiger partial charge in [-0.3, -0.25) is 4.68 Å². The minimum atomic E-state index is -0.862. The summed E-state index contributed by atoms with van der Waals surface area (Å²) in [5, 5.41) is 17.8. The summed E-state index contributed by atoms with van der Waals surface area (Å²) in [4.78, 5) is 4.16. The molecule has 1 aromatic carbocycles. The molecule has 0 amide bonds. The Morgan fingerprint density at radius 3 is 2.68 bits per heavy atom. The maximum atomic E-state index is 10.4. The monoisotopic (exact) mass is 260 g/mol. The van der Waals surface area contributed by atoms with Crippen LogP contribution in [0.3, 0.4) is 0 Å². The first-order valence-corrected chi connectivity index (χ1v) is 6.41. The van der Waals surface area contributed by atoms with Crippen LogP contribution in [0.4, 0.5) is 0 Å². The first-order chi connectivity index (χ1) is 9.08. The van der Waals surface area contributed by atoms with Gasteiger partial charge in [0.2, 0.25) is 0 Å². The molecule has 2 rings (SSSR count). The number of nitrogens with zero attached hydrogens (tertiary/aromatic N) is 3. The van der Waals surface area contributed by atoms with E-state index in [1.54, 1.807) is 11.0 Å². The molecule has 1 atom stereocenters. The summed E-state index contributed by atoms with van der Waals surface area (Å²) in [5.41, 5.74) is 0.0529. The highest BCUT2D eigenvalue weighted by atomic mass is 16.3. The van der Waals surface area contributed by atoms with Gasteiger partial charge in [0.25, 0.3) is 0 Å². The SMILES string of the molecule is Cn1cnc(CCNCC(C)(O)c2ccccc2)n1. The van der Waals surface area contributed by atoms with Gasteiger partial charge in [-0.2, -0.15) is 5.10 Å².